The number of nitrogens with one attached hydrogen (secondary N) is 2. The number of aromatic nitrogens is 4. The molecule has 0 fully saturated rings. The van der Waals surface area contributed by atoms with Crippen molar-refractivity contribution in [2.24, 2.45) is 0 Å². The van der Waals surface area contributed by atoms with Crippen molar-refractivity contribution in [3.05, 3.63) is 38.3 Å². The molecule has 0 bridgehead atoms. The number of aromatic hydroxyl groups is 1. The summed E-state index contributed by atoms with van der Waals surface area (Å²) in [5.74, 6) is -0.0108. The zero-order valence-electron chi connectivity index (χ0n) is 9.31. The van der Waals surface area contributed by atoms with Crippen molar-refractivity contribution >= 4 is 21.9 Å². The highest BCUT2D eigenvalue weighted by atomic mass is 16.3. The van der Waals surface area contributed by atoms with E-state index in [1.165, 1.54) is 12.1 Å². The normalized spacial score (nSPS) is 11.2. The first-order chi connectivity index (χ1) is 8.58. The summed E-state index contributed by atoms with van der Waals surface area (Å²) in [5.41, 5.74) is -0.141. The molecule has 0 aliphatic heterocycles. The van der Waals surface area contributed by atoms with E-state index in [0.29, 0.717) is 11.1 Å². The van der Waals surface area contributed by atoms with E-state index in [2.05, 4.69) is 20.4 Å². The van der Waals surface area contributed by atoms with E-state index in [0.717, 1.165) is 0 Å². The van der Waals surface area contributed by atoms with Crippen LogP contribution in [0, 0.1) is 6.92 Å². The van der Waals surface area contributed by atoms with Crippen LogP contribution in [0.4, 0.5) is 0 Å². The van der Waals surface area contributed by atoms with Crippen molar-refractivity contribution in [2.75, 3.05) is 0 Å². The van der Waals surface area contributed by atoms with Gasteiger partial charge in [0.2, 0.25) is 5.43 Å². The highest BCUT2D eigenvalue weighted by Gasteiger charge is 2.11. The SMILES string of the molecule is Cc1cc2[nH]c(=O)c3n[nH]nc3c(=O)c2cc1O. The molecular formula is C11H8N4O3. The topological polar surface area (TPSA) is 112 Å². The Morgan fingerprint density at radius 3 is 2.67 bits per heavy atom. The number of H-pyrrole nitrogens is 2. The molecule has 7 nitrogen and oxygen atoms in total. The van der Waals surface area contributed by atoms with Gasteiger partial charge in [-0.2, -0.15) is 15.4 Å². The van der Waals surface area contributed by atoms with Gasteiger partial charge in [-0.25, -0.2) is 0 Å². The number of aromatic amines is 2. The van der Waals surface area contributed by atoms with E-state index in [-0.39, 0.29) is 22.2 Å². The molecule has 0 saturated carbocycles. The summed E-state index contributed by atoms with van der Waals surface area (Å²) in [6, 6.07) is 2.85. The van der Waals surface area contributed by atoms with E-state index in [1.54, 1.807) is 6.92 Å². The summed E-state index contributed by atoms with van der Waals surface area (Å²) in [4.78, 5) is 26.6. The summed E-state index contributed by atoms with van der Waals surface area (Å²) in [5, 5.41) is 19.4. The molecule has 0 radical (unpaired) electrons. The number of hydrogen-bond donors (Lipinski definition) is 3. The number of rotatable bonds is 0. The van der Waals surface area contributed by atoms with Crippen molar-refractivity contribution in [1.29, 1.82) is 0 Å². The Labute approximate surface area is 99.1 Å². The van der Waals surface area contributed by atoms with Gasteiger partial charge in [0.05, 0.1) is 10.9 Å². The molecule has 3 N–H and O–H groups in total. The highest BCUT2D eigenvalue weighted by Crippen LogP contribution is 2.20. The molecule has 3 rings (SSSR count). The number of phenolic OH excluding ortho intramolecular Hbond substituents is 1. The number of aryl methyl sites for hydroxylation is 1. The van der Waals surface area contributed by atoms with Gasteiger partial charge in [0, 0.05) is 0 Å². The maximum Gasteiger partial charge on any atom is 0.278 e. The fourth-order valence-electron chi connectivity index (χ4n) is 1.84. The highest BCUT2D eigenvalue weighted by molar-refractivity contribution is 5.87. The minimum atomic E-state index is -0.504. The van der Waals surface area contributed by atoms with Crippen LogP contribution in [0.2, 0.25) is 0 Å². The molecular weight excluding hydrogens is 236 g/mol. The Kier molecular flexibility index (Phi) is 1.97. The average Bonchev–Trinajstić information content (AvgIpc) is 2.78. The first-order valence-corrected chi connectivity index (χ1v) is 5.18. The van der Waals surface area contributed by atoms with Crippen molar-refractivity contribution in [3.63, 3.8) is 0 Å². The van der Waals surface area contributed by atoms with Gasteiger partial charge < -0.3 is 10.1 Å². The van der Waals surface area contributed by atoms with Crippen molar-refractivity contribution in [1.82, 2.24) is 20.4 Å². The minimum Gasteiger partial charge on any atom is -0.508 e. The molecule has 7 heteroatoms. The molecule has 0 saturated heterocycles. The predicted molar refractivity (Wildman–Crippen MR) is 64.7 cm³/mol. The van der Waals surface area contributed by atoms with Gasteiger partial charge in [-0.3, -0.25) is 9.59 Å². The van der Waals surface area contributed by atoms with Crippen molar-refractivity contribution in [2.45, 2.75) is 6.92 Å². The van der Waals surface area contributed by atoms with E-state index in [4.69, 9.17) is 0 Å². The fraction of sp³-hybridized carbons (Fsp3) is 0.0909. The summed E-state index contributed by atoms with van der Waals surface area (Å²) in [6.07, 6.45) is 0. The summed E-state index contributed by atoms with van der Waals surface area (Å²) in [7, 11) is 0. The van der Waals surface area contributed by atoms with Crippen LogP contribution >= 0.6 is 0 Å². The van der Waals surface area contributed by atoms with Gasteiger partial charge in [-0.05, 0) is 24.6 Å². The van der Waals surface area contributed by atoms with Gasteiger partial charge >= 0.3 is 0 Å². The second kappa shape index (κ2) is 3.39. The van der Waals surface area contributed by atoms with E-state index in [1.807, 2.05) is 0 Å². The second-order valence-corrected chi connectivity index (χ2v) is 3.99. The molecule has 90 valence electrons. The van der Waals surface area contributed by atoms with Crippen LogP contribution in [-0.4, -0.2) is 25.5 Å². The molecule has 2 heterocycles. The Balaban J connectivity index is 2.73. The van der Waals surface area contributed by atoms with Crippen LogP contribution in [-0.2, 0) is 0 Å². The maximum atomic E-state index is 12.2. The first-order valence-electron chi connectivity index (χ1n) is 5.18. The maximum absolute atomic E-state index is 12.2. The van der Waals surface area contributed by atoms with E-state index in [9.17, 15) is 14.7 Å². The Morgan fingerprint density at radius 1 is 1.17 bits per heavy atom. The summed E-state index contributed by atoms with van der Waals surface area (Å²) >= 11 is 0. The largest absolute Gasteiger partial charge is 0.508 e. The summed E-state index contributed by atoms with van der Waals surface area (Å²) < 4.78 is 0. The molecule has 0 aliphatic rings. The zero-order valence-corrected chi connectivity index (χ0v) is 9.31. The Bertz CT molecular complexity index is 894. The number of fused-ring (bicyclic) bond motifs is 2. The van der Waals surface area contributed by atoms with Gasteiger partial charge in [0.1, 0.15) is 5.75 Å². The summed E-state index contributed by atoms with van der Waals surface area (Å²) in [6.45, 7) is 1.68. The third-order valence-corrected chi connectivity index (χ3v) is 2.81. The van der Waals surface area contributed by atoms with Crippen LogP contribution in [0.1, 0.15) is 5.56 Å². The third kappa shape index (κ3) is 1.30. The van der Waals surface area contributed by atoms with Crippen LogP contribution in [0.3, 0.4) is 0 Å². The number of nitrogens with zero attached hydrogens (tertiary/aromatic N) is 2. The molecule has 1 aromatic carbocycles. The number of benzene rings is 1. The molecule has 0 amide bonds. The molecule has 18 heavy (non-hydrogen) atoms. The van der Waals surface area contributed by atoms with Crippen LogP contribution < -0.4 is 11.0 Å². The third-order valence-electron chi connectivity index (χ3n) is 2.81. The molecule has 2 aromatic heterocycles. The average molecular weight is 244 g/mol. The lowest BCUT2D eigenvalue weighted by atomic mass is 10.1. The first kappa shape index (κ1) is 10.5. The lowest BCUT2D eigenvalue weighted by Crippen LogP contribution is -2.02. The Morgan fingerprint density at radius 2 is 1.89 bits per heavy atom. The van der Waals surface area contributed by atoms with Crippen molar-refractivity contribution < 1.29 is 5.11 Å². The monoisotopic (exact) mass is 244 g/mol. The molecule has 3 aromatic rings. The fourth-order valence-corrected chi connectivity index (χ4v) is 1.84. The van der Waals surface area contributed by atoms with E-state index >= 15 is 0 Å². The number of hydrogen-bond acceptors (Lipinski definition) is 5. The molecule has 0 spiro atoms. The minimum absolute atomic E-state index is 0.0108. The van der Waals surface area contributed by atoms with Crippen LogP contribution in [0.5, 0.6) is 5.75 Å². The van der Waals surface area contributed by atoms with Crippen LogP contribution in [0.15, 0.2) is 21.7 Å². The lowest BCUT2D eigenvalue weighted by molar-refractivity contribution is 0.472. The molecule has 0 atom stereocenters. The van der Waals surface area contributed by atoms with Gasteiger partial charge in [0.25, 0.3) is 5.56 Å². The quantitative estimate of drug-likeness (QED) is 0.522. The van der Waals surface area contributed by atoms with Gasteiger partial charge in [-0.15, -0.1) is 0 Å². The van der Waals surface area contributed by atoms with Gasteiger partial charge in [0.15, 0.2) is 11.0 Å². The van der Waals surface area contributed by atoms with Gasteiger partial charge in [-0.1, -0.05) is 0 Å². The predicted octanol–water partition coefficient (Wildman–Crippen LogP) is 0.174. The van der Waals surface area contributed by atoms with Crippen LogP contribution in [0.25, 0.3) is 21.9 Å². The van der Waals surface area contributed by atoms with E-state index < -0.39 is 11.0 Å². The number of phenols is 1. The smallest absolute Gasteiger partial charge is 0.278 e. The zero-order chi connectivity index (χ0) is 12.9. The molecule has 0 unspecified atom stereocenters. The van der Waals surface area contributed by atoms with Crippen molar-refractivity contribution in [3.8, 4) is 5.75 Å². The second-order valence-electron chi connectivity index (χ2n) is 3.99. The lowest BCUT2D eigenvalue weighted by Gasteiger charge is -1.98. The Hall–Kier alpha value is -2.70. The molecule has 0 aliphatic carbocycles. The standard InChI is InChI=1S/C11H8N4O3/c1-4-2-6-5(3-7(4)16)10(17)8-9(11(18)12-6)14-15-13-8/h2-3,16H,1H3,(H,12,18)(H,13,14,15).